The Bertz CT molecular complexity index is 405. The van der Waals surface area contributed by atoms with Crippen LogP contribution < -0.4 is 5.32 Å². The van der Waals surface area contributed by atoms with Crippen LogP contribution >= 0.6 is 0 Å². The van der Waals surface area contributed by atoms with Gasteiger partial charge in [0.2, 0.25) is 0 Å². The monoisotopic (exact) mass is 268 g/mol. The molecule has 19 heavy (non-hydrogen) atoms. The highest BCUT2D eigenvalue weighted by molar-refractivity contribution is 5.76. The molecule has 2 aliphatic rings. The Hall–Kier alpha value is -1.56. The van der Waals surface area contributed by atoms with Crippen molar-refractivity contribution in [1.29, 1.82) is 0 Å². The molecule has 1 heterocycles. The lowest BCUT2D eigenvalue weighted by Crippen LogP contribution is -2.53. The molecule has 3 N–H and O–H groups in total. The van der Waals surface area contributed by atoms with Gasteiger partial charge in [-0.15, -0.1) is 0 Å². The summed E-state index contributed by atoms with van der Waals surface area (Å²) in [6.07, 6.45) is 5.20. The fourth-order valence-corrected chi connectivity index (χ4v) is 2.63. The Morgan fingerprint density at radius 3 is 2.74 bits per heavy atom. The molecule has 1 fully saturated rings. The zero-order valence-corrected chi connectivity index (χ0v) is 11.0. The molecule has 3 unspecified atom stereocenters. The fraction of sp³-hybridized carbons (Fsp3) is 0.692. The van der Waals surface area contributed by atoms with E-state index in [0.717, 1.165) is 6.42 Å². The van der Waals surface area contributed by atoms with Crippen molar-refractivity contribution >= 4 is 12.0 Å². The van der Waals surface area contributed by atoms with Crippen molar-refractivity contribution in [3.63, 3.8) is 0 Å². The van der Waals surface area contributed by atoms with E-state index in [2.05, 4.69) is 5.32 Å². The molecule has 0 saturated carbocycles. The number of carbonyl (C=O) groups is 2. The van der Waals surface area contributed by atoms with Crippen molar-refractivity contribution in [2.24, 2.45) is 5.92 Å². The van der Waals surface area contributed by atoms with Gasteiger partial charge in [0.15, 0.2) is 0 Å². The number of aliphatic carboxylic acids is 1. The summed E-state index contributed by atoms with van der Waals surface area (Å²) in [4.78, 5) is 24.4. The first kappa shape index (κ1) is 13.9. The average molecular weight is 268 g/mol. The van der Waals surface area contributed by atoms with Crippen LogP contribution in [0.2, 0.25) is 0 Å². The van der Waals surface area contributed by atoms with Gasteiger partial charge in [-0.3, -0.25) is 4.79 Å². The van der Waals surface area contributed by atoms with E-state index in [9.17, 15) is 14.7 Å². The number of carboxylic acids is 1. The van der Waals surface area contributed by atoms with Gasteiger partial charge >= 0.3 is 12.0 Å². The van der Waals surface area contributed by atoms with E-state index >= 15 is 0 Å². The lowest BCUT2D eigenvalue weighted by atomic mass is 9.95. The number of nitrogens with one attached hydrogen (secondary N) is 1. The predicted octanol–water partition coefficient (Wildman–Crippen LogP) is 0.572. The number of amides is 2. The Morgan fingerprint density at radius 2 is 2.16 bits per heavy atom. The van der Waals surface area contributed by atoms with Crippen LogP contribution in [0, 0.1) is 5.92 Å². The zero-order valence-electron chi connectivity index (χ0n) is 11.0. The summed E-state index contributed by atoms with van der Waals surface area (Å²) >= 11 is 0. The zero-order chi connectivity index (χ0) is 14.0. The highest BCUT2D eigenvalue weighted by Crippen LogP contribution is 2.21. The highest BCUT2D eigenvalue weighted by atomic mass is 16.4. The van der Waals surface area contributed by atoms with Gasteiger partial charge < -0.3 is 20.4 Å². The van der Waals surface area contributed by atoms with Crippen LogP contribution in [0.25, 0.3) is 0 Å². The van der Waals surface area contributed by atoms with Gasteiger partial charge in [0.25, 0.3) is 0 Å². The molecule has 1 aliphatic heterocycles. The van der Waals surface area contributed by atoms with E-state index in [1.54, 1.807) is 24.0 Å². The molecule has 0 aromatic carbocycles. The normalized spacial score (nSPS) is 34.3. The molecule has 1 aliphatic carbocycles. The van der Waals surface area contributed by atoms with E-state index in [-0.39, 0.29) is 12.1 Å². The van der Waals surface area contributed by atoms with E-state index in [4.69, 9.17) is 5.11 Å². The van der Waals surface area contributed by atoms with E-state index < -0.39 is 17.5 Å². The second-order valence-corrected chi connectivity index (χ2v) is 5.64. The number of β-amino-alcohol motifs (C(OH)–C–C–N with tert-alkyl or cyclic N) is 1. The second-order valence-electron chi connectivity index (χ2n) is 5.64. The molecule has 6 nitrogen and oxygen atoms in total. The van der Waals surface area contributed by atoms with Gasteiger partial charge in [-0.2, -0.15) is 0 Å². The Morgan fingerprint density at radius 1 is 1.42 bits per heavy atom. The third kappa shape index (κ3) is 3.47. The summed E-state index contributed by atoms with van der Waals surface area (Å²) in [6.45, 7) is 2.67. The number of aliphatic hydroxyl groups is 1. The molecule has 2 rings (SSSR count). The van der Waals surface area contributed by atoms with Crippen LogP contribution in [0.1, 0.15) is 26.2 Å². The molecule has 0 aromatic rings. The van der Waals surface area contributed by atoms with Gasteiger partial charge in [0.05, 0.1) is 24.1 Å². The number of rotatable bonds is 2. The quantitative estimate of drug-likeness (QED) is 0.639. The molecular formula is C13H20N2O4. The highest BCUT2D eigenvalue weighted by Gasteiger charge is 2.32. The molecular weight excluding hydrogens is 248 g/mol. The van der Waals surface area contributed by atoms with Gasteiger partial charge in [-0.05, 0) is 26.2 Å². The van der Waals surface area contributed by atoms with Crippen molar-refractivity contribution in [2.75, 3.05) is 13.1 Å². The summed E-state index contributed by atoms with van der Waals surface area (Å²) in [5, 5.41) is 21.6. The number of hydrogen-bond acceptors (Lipinski definition) is 3. The maximum absolute atomic E-state index is 12.0. The average Bonchev–Trinajstić information content (AvgIpc) is 2.76. The number of carboxylic acid groups (broad SMARTS) is 1. The van der Waals surface area contributed by atoms with Crippen molar-refractivity contribution in [3.8, 4) is 0 Å². The summed E-state index contributed by atoms with van der Waals surface area (Å²) < 4.78 is 0. The Kier molecular flexibility index (Phi) is 3.80. The lowest BCUT2D eigenvalue weighted by Gasteiger charge is -2.37. The van der Waals surface area contributed by atoms with Crippen LogP contribution in [0.3, 0.4) is 0 Å². The topological polar surface area (TPSA) is 89.9 Å². The molecule has 0 bridgehead atoms. The molecule has 0 spiro atoms. The SMILES string of the molecule is CC1(O)CCCN(C(=O)NC2C=CC(C(=O)O)C2)C1. The number of likely N-dealkylation sites (tertiary alicyclic amines) is 1. The third-order valence-electron chi connectivity index (χ3n) is 3.67. The van der Waals surface area contributed by atoms with Crippen molar-refractivity contribution in [2.45, 2.75) is 37.8 Å². The van der Waals surface area contributed by atoms with Crippen molar-refractivity contribution in [3.05, 3.63) is 12.2 Å². The molecule has 106 valence electrons. The lowest BCUT2D eigenvalue weighted by molar-refractivity contribution is -0.140. The van der Waals surface area contributed by atoms with Crippen LogP contribution in [-0.4, -0.2) is 51.8 Å². The minimum Gasteiger partial charge on any atom is -0.481 e. The number of nitrogens with zero attached hydrogens (tertiary/aromatic N) is 1. The van der Waals surface area contributed by atoms with Crippen LogP contribution in [0.5, 0.6) is 0 Å². The van der Waals surface area contributed by atoms with Crippen LogP contribution in [-0.2, 0) is 4.79 Å². The predicted molar refractivity (Wildman–Crippen MR) is 68.6 cm³/mol. The number of carbonyl (C=O) groups excluding carboxylic acids is 1. The van der Waals surface area contributed by atoms with Crippen molar-refractivity contribution < 1.29 is 19.8 Å². The van der Waals surface area contributed by atoms with Gasteiger partial charge in [-0.1, -0.05) is 12.2 Å². The van der Waals surface area contributed by atoms with Gasteiger partial charge in [0.1, 0.15) is 0 Å². The third-order valence-corrected chi connectivity index (χ3v) is 3.67. The summed E-state index contributed by atoms with van der Waals surface area (Å²) in [5.41, 5.74) is -0.829. The van der Waals surface area contributed by atoms with E-state index in [0.29, 0.717) is 25.9 Å². The maximum Gasteiger partial charge on any atom is 0.317 e. The molecule has 0 radical (unpaired) electrons. The first-order valence-corrected chi connectivity index (χ1v) is 6.56. The largest absolute Gasteiger partial charge is 0.481 e. The first-order chi connectivity index (χ1) is 8.87. The Balaban J connectivity index is 1.85. The molecule has 3 atom stereocenters. The van der Waals surface area contributed by atoms with Crippen LogP contribution in [0.4, 0.5) is 4.79 Å². The van der Waals surface area contributed by atoms with Crippen LogP contribution in [0.15, 0.2) is 12.2 Å². The second kappa shape index (κ2) is 5.21. The Labute approximate surface area is 112 Å². The molecule has 0 aromatic heterocycles. The molecule has 6 heteroatoms. The summed E-state index contributed by atoms with van der Waals surface area (Å²) in [6, 6.07) is -0.471. The molecule has 1 saturated heterocycles. The van der Waals surface area contributed by atoms with Gasteiger partial charge in [0, 0.05) is 6.54 Å². The molecule has 2 amide bonds. The number of piperidine rings is 1. The summed E-state index contributed by atoms with van der Waals surface area (Å²) in [7, 11) is 0. The maximum atomic E-state index is 12.0. The number of hydrogen-bond donors (Lipinski definition) is 3. The van der Waals surface area contributed by atoms with Crippen molar-refractivity contribution in [1.82, 2.24) is 10.2 Å². The van der Waals surface area contributed by atoms with E-state index in [1.807, 2.05) is 0 Å². The minimum absolute atomic E-state index is 0.235. The smallest absolute Gasteiger partial charge is 0.317 e. The minimum atomic E-state index is -0.867. The fourth-order valence-electron chi connectivity index (χ4n) is 2.63. The summed E-state index contributed by atoms with van der Waals surface area (Å²) in [5.74, 6) is -1.39. The van der Waals surface area contributed by atoms with E-state index in [1.165, 1.54) is 0 Å². The standard InChI is InChI=1S/C13H20N2O4/c1-13(19)5-2-6-15(8-13)12(18)14-10-4-3-9(7-10)11(16)17/h3-4,9-10,19H,2,5-8H2,1H3,(H,14,18)(H,16,17). The number of urea groups is 1. The van der Waals surface area contributed by atoms with Gasteiger partial charge in [-0.25, -0.2) is 4.79 Å². The first-order valence-electron chi connectivity index (χ1n) is 6.56.